The number of carbonyl (C=O) groups is 4. The van der Waals surface area contributed by atoms with Crippen LogP contribution < -0.4 is 5.32 Å². The van der Waals surface area contributed by atoms with Gasteiger partial charge in [-0.3, -0.25) is 19.3 Å². The molecule has 0 radical (unpaired) electrons. The van der Waals surface area contributed by atoms with Gasteiger partial charge < -0.3 is 14.8 Å². The molecular formula is C24H16ClFN2O6S. The zero-order valence-corrected chi connectivity index (χ0v) is 19.6. The van der Waals surface area contributed by atoms with Crippen LogP contribution in [0.15, 0.2) is 57.9 Å². The normalized spacial score (nSPS) is 14.6. The van der Waals surface area contributed by atoms with Gasteiger partial charge in [0.1, 0.15) is 23.9 Å². The van der Waals surface area contributed by atoms with E-state index in [2.05, 4.69) is 5.32 Å². The van der Waals surface area contributed by atoms with Crippen LogP contribution in [0.3, 0.4) is 0 Å². The summed E-state index contributed by atoms with van der Waals surface area (Å²) < 4.78 is 19.0. The van der Waals surface area contributed by atoms with Crippen LogP contribution in [0.4, 0.5) is 14.9 Å². The van der Waals surface area contributed by atoms with Crippen molar-refractivity contribution in [2.75, 3.05) is 11.9 Å². The summed E-state index contributed by atoms with van der Waals surface area (Å²) in [7, 11) is 0. The number of aryl methyl sites for hydroxylation is 1. The van der Waals surface area contributed by atoms with Crippen LogP contribution in [0.2, 0.25) is 5.02 Å². The molecule has 0 saturated carbocycles. The number of nitrogens with zero attached hydrogens (tertiary/aromatic N) is 1. The Bertz CT molecular complexity index is 1420. The first-order chi connectivity index (χ1) is 16.6. The van der Waals surface area contributed by atoms with Crippen LogP contribution >= 0.6 is 23.4 Å². The van der Waals surface area contributed by atoms with Crippen molar-refractivity contribution in [3.8, 4) is 11.3 Å². The Kier molecular flexibility index (Phi) is 6.77. The van der Waals surface area contributed by atoms with Crippen molar-refractivity contribution in [2.45, 2.75) is 6.92 Å². The molecule has 35 heavy (non-hydrogen) atoms. The largest absolute Gasteiger partial charge is 0.478 e. The zero-order chi connectivity index (χ0) is 25.3. The van der Waals surface area contributed by atoms with E-state index in [0.29, 0.717) is 34.4 Å². The Morgan fingerprint density at radius 3 is 2.63 bits per heavy atom. The quantitative estimate of drug-likeness (QED) is 0.422. The minimum absolute atomic E-state index is 0.0754. The first-order valence-corrected chi connectivity index (χ1v) is 11.3. The topological polar surface area (TPSA) is 117 Å². The average molecular weight is 515 g/mol. The standard InChI is InChI=1S/C24H16ClFN2O6S/c1-12-8-13(23(31)32)2-5-16(12)19-7-4-15(34-19)10-20-22(30)28(24(33)35-20)11-21(29)27-14-3-6-18(26)17(25)9-14/h2-10H,11H2,1H3,(H,27,29)(H,31,32)/b20-10-. The lowest BCUT2D eigenvalue weighted by Gasteiger charge is -2.12. The summed E-state index contributed by atoms with van der Waals surface area (Å²) in [6.07, 6.45) is 1.40. The van der Waals surface area contributed by atoms with E-state index in [1.165, 1.54) is 30.3 Å². The van der Waals surface area contributed by atoms with Crippen LogP contribution in [-0.2, 0) is 9.59 Å². The number of amides is 3. The molecule has 2 N–H and O–H groups in total. The Labute approximate surface area is 207 Å². The predicted octanol–water partition coefficient (Wildman–Crippen LogP) is 5.42. The predicted molar refractivity (Wildman–Crippen MR) is 129 cm³/mol. The molecule has 0 atom stereocenters. The molecule has 0 unspecified atom stereocenters. The van der Waals surface area contributed by atoms with Crippen molar-refractivity contribution < 1.29 is 33.1 Å². The zero-order valence-electron chi connectivity index (χ0n) is 18.0. The molecule has 0 aliphatic carbocycles. The van der Waals surface area contributed by atoms with Gasteiger partial charge in [0, 0.05) is 17.3 Å². The van der Waals surface area contributed by atoms with E-state index in [4.69, 9.17) is 21.1 Å². The third-order valence-electron chi connectivity index (χ3n) is 5.02. The van der Waals surface area contributed by atoms with E-state index in [0.717, 1.165) is 11.0 Å². The van der Waals surface area contributed by atoms with Crippen molar-refractivity contribution in [3.63, 3.8) is 0 Å². The number of carboxylic acids is 1. The molecule has 1 saturated heterocycles. The molecule has 11 heteroatoms. The lowest BCUT2D eigenvalue weighted by atomic mass is 10.0. The van der Waals surface area contributed by atoms with Gasteiger partial charge in [-0.05, 0) is 66.7 Å². The monoisotopic (exact) mass is 514 g/mol. The summed E-state index contributed by atoms with van der Waals surface area (Å²) >= 11 is 6.36. The molecule has 3 amide bonds. The van der Waals surface area contributed by atoms with Gasteiger partial charge in [0.25, 0.3) is 11.1 Å². The number of nitrogens with one attached hydrogen (secondary N) is 1. The summed E-state index contributed by atoms with van der Waals surface area (Å²) in [5.41, 5.74) is 1.75. The highest BCUT2D eigenvalue weighted by atomic mass is 35.5. The number of imide groups is 1. The number of thioether (sulfide) groups is 1. The van der Waals surface area contributed by atoms with Crippen molar-refractivity contribution in [3.05, 3.63) is 81.2 Å². The van der Waals surface area contributed by atoms with Gasteiger partial charge in [0.2, 0.25) is 5.91 Å². The molecule has 2 aromatic carbocycles. The molecular weight excluding hydrogens is 499 g/mol. The van der Waals surface area contributed by atoms with Gasteiger partial charge in [-0.15, -0.1) is 0 Å². The van der Waals surface area contributed by atoms with E-state index in [9.17, 15) is 23.6 Å². The number of furan rings is 1. The number of carboxylic acid groups (broad SMARTS) is 1. The summed E-state index contributed by atoms with van der Waals surface area (Å²) in [4.78, 5) is 49.3. The maximum Gasteiger partial charge on any atom is 0.335 e. The van der Waals surface area contributed by atoms with E-state index in [1.807, 2.05) is 0 Å². The molecule has 1 aliphatic rings. The second-order valence-corrected chi connectivity index (χ2v) is 8.88. The number of anilines is 1. The van der Waals surface area contributed by atoms with Gasteiger partial charge in [0.15, 0.2) is 0 Å². The van der Waals surface area contributed by atoms with Crippen LogP contribution in [0.1, 0.15) is 21.7 Å². The number of rotatable bonds is 6. The maximum atomic E-state index is 13.3. The van der Waals surface area contributed by atoms with E-state index < -0.39 is 35.4 Å². The molecule has 1 aromatic heterocycles. The highest BCUT2D eigenvalue weighted by molar-refractivity contribution is 8.18. The Morgan fingerprint density at radius 2 is 1.94 bits per heavy atom. The van der Waals surface area contributed by atoms with E-state index >= 15 is 0 Å². The highest BCUT2D eigenvalue weighted by Gasteiger charge is 2.36. The molecule has 8 nitrogen and oxygen atoms in total. The number of hydrogen-bond donors (Lipinski definition) is 2. The molecule has 0 bridgehead atoms. The fourth-order valence-electron chi connectivity index (χ4n) is 3.33. The second-order valence-electron chi connectivity index (χ2n) is 7.48. The summed E-state index contributed by atoms with van der Waals surface area (Å²) in [5, 5.41) is 10.8. The SMILES string of the molecule is Cc1cc(C(=O)O)ccc1-c1ccc(/C=C2\SC(=O)N(CC(=O)Nc3ccc(F)c(Cl)c3)C2=O)o1. The van der Waals surface area contributed by atoms with Crippen LogP contribution in [0.5, 0.6) is 0 Å². The Hall–Kier alpha value is -3.89. The van der Waals surface area contributed by atoms with E-state index in [-0.39, 0.29) is 21.2 Å². The molecule has 1 aliphatic heterocycles. The molecule has 4 rings (SSSR count). The lowest BCUT2D eigenvalue weighted by molar-refractivity contribution is -0.127. The molecule has 178 valence electrons. The van der Waals surface area contributed by atoms with Gasteiger partial charge in [-0.25, -0.2) is 9.18 Å². The minimum Gasteiger partial charge on any atom is -0.478 e. The third-order valence-corrected chi connectivity index (χ3v) is 6.21. The summed E-state index contributed by atoms with van der Waals surface area (Å²) in [6.45, 7) is 1.22. The fraction of sp³-hybridized carbons (Fsp3) is 0.0833. The second kappa shape index (κ2) is 9.77. The van der Waals surface area contributed by atoms with Gasteiger partial charge in [-0.2, -0.15) is 0 Å². The van der Waals surface area contributed by atoms with Crippen LogP contribution in [0.25, 0.3) is 17.4 Å². The first-order valence-electron chi connectivity index (χ1n) is 10.1. The lowest BCUT2D eigenvalue weighted by Crippen LogP contribution is -2.36. The number of carbonyl (C=O) groups excluding carboxylic acids is 3. The fourth-order valence-corrected chi connectivity index (χ4v) is 4.33. The molecule has 1 fully saturated rings. The van der Waals surface area contributed by atoms with Crippen molar-refractivity contribution >= 4 is 58.1 Å². The minimum atomic E-state index is -1.04. The van der Waals surface area contributed by atoms with E-state index in [1.54, 1.807) is 25.1 Å². The van der Waals surface area contributed by atoms with Crippen LogP contribution in [-0.4, -0.2) is 39.6 Å². The van der Waals surface area contributed by atoms with Gasteiger partial charge >= 0.3 is 5.97 Å². The van der Waals surface area contributed by atoms with Gasteiger partial charge in [-0.1, -0.05) is 17.7 Å². The molecule has 2 heterocycles. The number of aromatic carboxylic acids is 1. The van der Waals surface area contributed by atoms with Crippen molar-refractivity contribution in [2.24, 2.45) is 0 Å². The smallest absolute Gasteiger partial charge is 0.335 e. The summed E-state index contributed by atoms with van der Waals surface area (Å²) in [6, 6.07) is 11.5. The highest BCUT2D eigenvalue weighted by Crippen LogP contribution is 2.34. The van der Waals surface area contributed by atoms with Gasteiger partial charge in [0.05, 0.1) is 15.5 Å². The summed E-state index contributed by atoms with van der Waals surface area (Å²) in [5.74, 6) is -2.23. The maximum absolute atomic E-state index is 13.3. The number of halogens is 2. The van der Waals surface area contributed by atoms with Crippen molar-refractivity contribution in [1.82, 2.24) is 4.90 Å². The molecule has 0 spiro atoms. The average Bonchev–Trinajstić information content (AvgIpc) is 3.36. The van der Waals surface area contributed by atoms with Crippen LogP contribution in [0, 0.1) is 12.7 Å². The number of benzene rings is 2. The number of hydrogen-bond acceptors (Lipinski definition) is 6. The molecule has 3 aromatic rings. The third kappa shape index (κ3) is 5.28. The first kappa shape index (κ1) is 24.2. The Morgan fingerprint density at radius 1 is 1.17 bits per heavy atom. The van der Waals surface area contributed by atoms with Crippen molar-refractivity contribution in [1.29, 1.82) is 0 Å². The Balaban J connectivity index is 1.46.